The van der Waals surface area contributed by atoms with E-state index in [1.54, 1.807) is 19.1 Å². The van der Waals surface area contributed by atoms with Crippen molar-refractivity contribution >= 4 is 29.4 Å². The molecule has 0 saturated carbocycles. The summed E-state index contributed by atoms with van der Waals surface area (Å²) in [7, 11) is 0. The average Bonchev–Trinajstić information content (AvgIpc) is 3.47. The second-order valence-corrected chi connectivity index (χ2v) is 11.8. The van der Waals surface area contributed by atoms with Gasteiger partial charge in [0.25, 0.3) is 0 Å². The number of aliphatic hydroxyl groups is 1. The highest BCUT2D eigenvalue weighted by Crippen LogP contribution is 2.44. The van der Waals surface area contributed by atoms with Gasteiger partial charge in [0, 0.05) is 35.7 Å². The molecular formula is C35H50N4O6. The fraction of sp³-hybridized carbons (Fsp3) is 0.571. The molecule has 2 aromatic rings. The van der Waals surface area contributed by atoms with Crippen molar-refractivity contribution in [3.05, 3.63) is 52.2 Å². The molecule has 6 heterocycles. The minimum Gasteiger partial charge on any atom is -0.459 e. The molecule has 2 saturated heterocycles. The molecule has 0 spiro atoms. The van der Waals surface area contributed by atoms with Crippen LogP contribution >= 0.6 is 0 Å². The fourth-order valence-electron chi connectivity index (χ4n) is 7.18. The molecule has 0 amide bonds. The van der Waals surface area contributed by atoms with Crippen molar-refractivity contribution in [2.24, 2.45) is 0 Å². The second-order valence-electron chi connectivity index (χ2n) is 11.8. The lowest BCUT2D eigenvalue weighted by atomic mass is 9.83. The summed E-state index contributed by atoms with van der Waals surface area (Å²) in [6, 6.07) is 6.22. The van der Waals surface area contributed by atoms with Gasteiger partial charge in [0.05, 0.1) is 16.9 Å². The van der Waals surface area contributed by atoms with Gasteiger partial charge >= 0.3 is 5.97 Å². The summed E-state index contributed by atoms with van der Waals surface area (Å²) in [4.78, 5) is 34.5. The highest BCUT2D eigenvalue weighted by atomic mass is 17.1. The van der Waals surface area contributed by atoms with Gasteiger partial charge in [0.2, 0.25) is 0 Å². The Bertz CT molecular complexity index is 1380. The normalized spacial score (nSPS) is 22.7. The minimum atomic E-state index is -1.60. The number of esters is 1. The van der Waals surface area contributed by atoms with E-state index in [2.05, 4.69) is 26.9 Å². The first-order chi connectivity index (χ1) is 22.0. The maximum Gasteiger partial charge on any atom is 0.343 e. The molecule has 1 aromatic heterocycles. The second kappa shape index (κ2) is 15.8. The van der Waals surface area contributed by atoms with Crippen LogP contribution in [-0.4, -0.2) is 88.9 Å². The number of fused-ring (bicyclic) bond motifs is 4. The van der Waals surface area contributed by atoms with Crippen molar-refractivity contribution in [2.45, 2.75) is 90.8 Å². The van der Waals surface area contributed by atoms with Crippen LogP contribution in [0.15, 0.2) is 35.4 Å². The third-order valence-electron chi connectivity index (χ3n) is 9.50. The zero-order valence-electron chi connectivity index (χ0n) is 27.4. The molecule has 0 aliphatic carbocycles. The van der Waals surface area contributed by atoms with E-state index in [1.807, 2.05) is 32.8 Å². The Labute approximate surface area is 267 Å². The van der Waals surface area contributed by atoms with Crippen molar-refractivity contribution in [1.82, 2.24) is 20.1 Å². The zero-order chi connectivity index (χ0) is 32.6. The van der Waals surface area contributed by atoms with Crippen LogP contribution in [0.1, 0.15) is 83.0 Å². The highest BCUT2D eigenvalue weighted by Gasteiger charge is 2.47. The van der Waals surface area contributed by atoms with Crippen molar-refractivity contribution in [1.29, 1.82) is 0 Å². The van der Waals surface area contributed by atoms with Crippen molar-refractivity contribution in [2.75, 3.05) is 39.3 Å². The molecule has 5 aliphatic heterocycles. The number of carbonyl (C=O) groups excluding carboxylic acids is 2. The summed E-state index contributed by atoms with van der Waals surface area (Å²) in [5, 5.41) is 24.4. The summed E-state index contributed by atoms with van der Waals surface area (Å²) in [5.41, 5.74) is 4.91. The van der Waals surface area contributed by atoms with Gasteiger partial charge in [-0.15, -0.1) is 0 Å². The van der Waals surface area contributed by atoms with Gasteiger partial charge in [-0.05, 0) is 100 Å². The van der Waals surface area contributed by atoms with Crippen LogP contribution in [0.3, 0.4) is 0 Å². The van der Waals surface area contributed by atoms with E-state index in [4.69, 9.17) is 19.8 Å². The van der Waals surface area contributed by atoms with Crippen molar-refractivity contribution in [3.63, 3.8) is 0 Å². The SMILES string of the molecule is C1CCN(C2CCNCC2)CC1.C=O.CC.CCc1c2c(nc3ccc(OO)cc13)C1=CC3=C(COC(=O)[C@]3(O)CC)CN1C2. The third-order valence-corrected chi connectivity index (χ3v) is 9.50. The molecule has 10 heteroatoms. The molecule has 0 radical (unpaired) electrons. The Hall–Kier alpha value is -3.31. The zero-order valence-corrected chi connectivity index (χ0v) is 27.4. The Morgan fingerprint density at radius 1 is 1.11 bits per heavy atom. The van der Waals surface area contributed by atoms with Gasteiger partial charge in [-0.3, -0.25) is 0 Å². The molecule has 5 aliphatic rings. The molecule has 10 nitrogen and oxygen atoms in total. The van der Waals surface area contributed by atoms with E-state index in [0.717, 1.165) is 51.5 Å². The number of nitrogens with zero attached hydrogens (tertiary/aromatic N) is 3. The Morgan fingerprint density at radius 2 is 1.82 bits per heavy atom. The van der Waals surface area contributed by atoms with Crippen LogP contribution in [0.4, 0.5) is 0 Å². The number of aromatic nitrogens is 1. The number of rotatable bonds is 4. The Morgan fingerprint density at radius 3 is 2.47 bits per heavy atom. The topological polar surface area (TPSA) is 124 Å². The van der Waals surface area contributed by atoms with Crippen LogP contribution in [0, 0.1) is 0 Å². The summed E-state index contributed by atoms with van der Waals surface area (Å²) < 4.78 is 5.26. The van der Waals surface area contributed by atoms with Crippen LogP contribution in [0.2, 0.25) is 0 Å². The van der Waals surface area contributed by atoms with E-state index < -0.39 is 11.6 Å². The highest BCUT2D eigenvalue weighted by molar-refractivity contribution is 5.91. The Kier molecular flexibility index (Phi) is 12.1. The standard InChI is InChI=1S/C22H22N2O5.C10H20N2.C2H6.CH2O/c1-3-14-15-7-13(29-27)5-6-18(15)23-20-16(14)10-24-9-12-11-28-21(25)22(26,4-2)17(12)8-19(20)24;1-2-8-12(9-3-1)10-4-6-11-7-5-10;2*1-2/h5-8,26-27H,3-4,9-11H2,1-2H3;10-11H,1-9H2;1-2H3;1H2/t22-;;;/m0.../s1. The number of ether oxygens (including phenoxy) is 1. The van der Waals surface area contributed by atoms with Crippen LogP contribution in [0.25, 0.3) is 16.6 Å². The van der Waals surface area contributed by atoms with Gasteiger partial charge in [-0.25, -0.2) is 15.0 Å². The van der Waals surface area contributed by atoms with E-state index in [0.29, 0.717) is 24.4 Å². The van der Waals surface area contributed by atoms with E-state index in [9.17, 15) is 9.90 Å². The molecule has 246 valence electrons. The summed E-state index contributed by atoms with van der Waals surface area (Å²) >= 11 is 0. The number of likely N-dealkylation sites (tertiary alicyclic amines) is 1. The largest absolute Gasteiger partial charge is 0.459 e. The summed E-state index contributed by atoms with van der Waals surface area (Å²) in [5.74, 6) is -0.204. The van der Waals surface area contributed by atoms with E-state index in [1.165, 1.54) is 58.3 Å². The molecule has 0 bridgehead atoms. The monoisotopic (exact) mass is 622 g/mol. The number of hydrogen-bond acceptors (Lipinski definition) is 10. The van der Waals surface area contributed by atoms with Gasteiger partial charge in [-0.2, -0.15) is 0 Å². The first kappa shape index (κ1) is 34.6. The first-order valence-electron chi connectivity index (χ1n) is 16.6. The Balaban J connectivity index is 0.000000240. The predicted octanol–water partition coefficient (Wildman–Crippen LogP) is 4.88. The van der Waals surface area contributed by atoms with Crippen LogP contribution in [0.5, 0.6) is 5.75 Å². The minimum absolute atomic E-state index is 0.209. The smallest absolute Gasteiger partial charge is 0.343 e. The number of aryl methyl sites for hydroxylation is 1. The van der Waals surface area contributed by atoms with E-state index >= 15 is 0 Å². The molecule has 7 rings (SSSR count). The molecule has 3 N–H and O–H groups in total. The maximum absolute atomic E-state index is 12.3. The third kappa shape index (κ3) is 6.94. The molecule has 0 unspecified atom stereocenters. The number of carbonyl (C=O) groups is 2. The molecule has 1 aromatic carbocycles. The van der Waals surface area contributed by atoms with Crippen LogP contribution < -0.4 is 10.2 Å². The number of cyclic esters (lactones) is 1. The average molecular weight is 623 g/mol. The van der Waals surface area contributed by atoms with Gasteiger partial charge < -0.3 is 34.6 Å². The lowest BCUT2D eigenvalue weighted by Crippen LogP contribution is -2.47. The number of piperidine rings is 2. The van der Waals surface area contributed by atoms with Crippen molar-refractivity contribution < 1.29 is 29.6 Å². The molecule has 2 fully saturated rings. The number of benzene rings is 1. The quantitative estimate of drug-likeness (QED) is 0.247. The lowest BCUT2D eigenvalue weighted by molar-refractivity contribution is -0.163. The van der Waals surface area contributed by atoms with Gasteiger partial charge in [0.15, 0.2) is 11.4 Å². The van der Waals surface area contributed by atoms with Gasteiger partial charge in [-0.1, -0.05) is 34.1 Å². The summed E-state index contributed by atoms with van der Waals surface area (Å²) in [6.07, 6.45) is 10.1. The first-order valence-corrected chi connectivity index (χ1v) is 16.6. The number of pyridine rings is 1. The summed E-state index contributed by atoms with van der Waals surface area (Å²) in [6.45, 7) is 16.6. The molecule has 45 heavy (non-hydrogen) atoms. The number of hydrogen-bond donors (Lipinski definition) is 3. The van der Waals surface area contributed by atoms with Crippen molar-refractivity contribution in [3.8, 4) is 5.75 Å². The predicted molar refractivity (Wildman–Crippen MR) is 176 cm³/mol. The fourth-order valence-corrected chi connectivity index (χ4v) is 7.18. The number of nitrogens with one attached hydrogen (secondary N) is 1. The maximum atomic E-state index is 12.3. The van der Waals surface area contributed by atoms with E-state index in [-0.39, 0.29) is 13.0 Å². The van der Waals surface area contributed by atoms with Crippen LogP contribution in [-0.2, 0) is 27.3 Å². The molecule has 1 atom stereocenters. The van der Waals surface area contributed by atoms with Gasteiger partial charge in [0.1, 0.15) is 13.4 Å². The lowest BCUT2D eigenvalue weighted by Gasteiger charge is -2.37. The molecular weight excluding hydrogens is 572 g/mol.